The summed E-state index contributed by atoms with van der Waals surface area (Å²) in [5, 5.41) is 0. The molecule has 4 fully saturated rings. The second kappa shape index (κ2) is 24.8. The van der Waals surface area contributed by atoms with E-state index in [1.54, 1.807) is 42.7 Å². The van der Waals surface area contributed by atoms with E-state index in [0.717, 1.165) is 110 Å². The average Bonchev–Trinajstić information content (AvgIpc) is 3.94. The summed E-state index contributed by atoms with van der Waals surface area (Å²) in [5.74, 6) is 3.19. The Morgan fingerprint density at radius 1 is 0.562 bits per heavy atom. The molecule has 0 radical (unpaired) electrons. The number of hydrogen-bond donors (Lipinski definition) is 0. The number of urea groups is 2. The van der Waals surface area contributed by atoms with Crippen molar-refractivity contribution in [3.63, 3.8) is 0 Å². The molecule has 432 valence electrons. The monoisotopic (exact) mass is 1090 g/mol. The maximum atomic E-state index is 14.2. The van der Waals surface area contributed by atoms with Crippen LogP contribution in [0.25, 0.3) is 0 Å². The molecule has 14 heteroatoms. The van der Waals surface area contributed by atoms with Gasteiger partial charge in [-0.3, -0.25) is 19.6 Å². The number of carbonyl (C=O) groups is 2. The summed E-state index contributed by atoms with van der Waals surface area (Å²) >= 11 is 0. The highest BCUT2D eigenvalue weighted by Gasteiger charge is 2.57. The molecule has 4 aromatic rings. The Morgan fingerprint density at radius 2 is 1.00 bits per heavy atom. The van der Waals surface area contributed by atoms with Crippen molar-refractivity contribution < 1.29 is 38.0 Å². The van der Waals surface area contributed by atoms with Gasteiger partial charge in [0.2, 0.25) is 0 Å². The molecular formula is C66H90N6O8. The first-order valence-corrected chi connectivity index (χ1v) is 28.5. The molecule has 0 N–H and O–H groups in total. The van der Waals surface area contributed by atoms with Crippen molar-refractivity contribution in [1.82, 2.24) is 29.4 Å². The molecule has 9 rings (SSSR count). The van der Waals surface area contributed by atoms with Gasteiger partial charge in [0.05, 0.1) is 65.8 Å². The lowest BCUT2D eigenvalue weighted by Crippen LogP contribution is -2.54. The van der Waals surface area contributed by atoms with Gasteiger partial charge in [-0.2, -0.15) is 0 Å². The van der Waals surface area contributed by atoms with Gasteiger partial charge in [-0.05, 0) is 166 Å². The number of benzene rings is 4. The van der Waals surface area contributed by atoms with Crippen LogP contribution in [0.4, 0.5) is 9.59 Å². The molecule has 4 aromatic carbocycles. The summed E-state index contributed by atoms with van der Waals surface area (Å²) in [4.78, 5) is 41.4. The summed E-state index contributed by atoms with van der Waals surface area (Å²) in [6.07, 6.45) is 7.98. The quantitative estimate of drug-likeness (QED) is 0.101. The number of allylic oxidation sites excluding steroid dienone is 3. The number of nitrogens with zero attached hydrogens (tertiary/aromatic N) is 6. The number of piperidine rings is 2. The van der Waals surface area contributed by atoms with Crippen LogP contribution in [-0.4, -0.2) is 148 Å². The predicted octanol–water partition coefficient (Wildman–Crippen LogP) is 11.7. The van der Waals surface area contributed by atoms with Crippen LogP contribution in [0.3, 0.4) is 0 Å². The molecular weight excluding hydrogens is 1000 g/mol. The van der Waals surface area contributed by atoms with Crippen LogP contribution in [0.2, 0.25) is 0 Å². The summed E-state index contributed by atoms with van der Waals surface area (Å²) < 4.78 is 32.9. The van der Waals surface area contributed by atoms with Gasteiger partial charge < -0.3 is 38.2 Å². The van der Waals surface area contributed by atoms with Crippen LogP contribution in [0.15, 0.2) is 90.3 Å². The van der Waals surface area contributed by atoms with Gasteiger partial charge >= 0.3 is 12.1 Å². The standard InChI is InChI=1S/2C33H45N3O4/c1-22-15-26-21-35-29(19-32(4,5)30(26)24(3)23(22)2)33(36(31(35)37)13-14-38-6)9-11-34(12-10-33)20-25-16-27(39-7)18-28(17-25)40-8;1-23(2)15-31-33(9-11-34(12-10-33)21-28-18-29(39-7)20-30(19-28)40-8)36(13-14-38-6)32(37)35(31)22-27-16-24(3)26(5)25(4)17-27/h15-19H,9-14,20-21H2,1-8H3;15-20H,1,9-14,21-22H2,2-8H3. The third kappa shape index (κ3) is 12.0. The molecule has 0 saturated carbocycles. The maximum Gasteiger partial charge on any atom is 0.325 e. The number of amides is 4. The molecule has 0 aromatic heterocycles. The Morgan fingerprint density at radius 3 is 1.45 bits per heavy atom. The van der Waals surface area contributed by atoms with Gasteiger partial charge in [-0.25, -0.2) is 9.59 Å². The van der Waals surface area contributed by atoms with E-state index in [-0.39, 0.29) is 23.0 Å². The molecule has 0 bridgehead atoms. The smallest absolute Gasteiger partial charge is 0.325 e. The van der Waals surface area contributed by atoms with Crippen LogP contribution < -0.4 is 18.9 Å². The first kappa shape index (κ1) is 59.8. The first-order chi connectivity index (χ1) is 38.1. The number of fused-ring (bicyclic) bond motifs is 3. The lowest BCUT2D eigenvalue weighted by Gasteiger charge is -2.45. The molecule has 2 spiro atoms. The zero-order valence-corrected chi connectivity index (χ0v) is 50.8. The second-order valence-corrected chi connectivity index (χ2v) is 23.5. The number of likely N-dealkylation sites (tertiary alicyclic amines) is 2. The fourth-order valence-electron chi connectivity index (χ4n) is 13.4. The van der Waals surface area contributed by atoms with Crippen molar-refractivity contribution in [3.05, 3.63) is 151 Å². The minimum atomic E-state index is -0.397. The highest BCUT2D eigenvalue weighted by Crippen LogP contribution is 2.50. The summed E-state index contributed by atoms with van der Waals surface area (Å²) in [6, 6.07) is 19.0. The number of rotatable bonds is 17. The number of carbonyl (C=O) groups excluding carboxylic acids is 2. The van der Waals surface area contributed by atoms with Gasteiger partial charge in [-0.15, -0.1) is 0 Å². The molecule has 0 aliphatic carbocycles. The molecule has 0 atom stereocenters. The molecule has 5 aliphatic rings. The van der Waals surface area contributed by atoms with E-state index in [0.29, 0.717) is 39.4 Å². The van der Waals surface area contributed by atoms with Crippen molar-refractivity contribution in [1.29, 1.82) is 0 Å². The van der Waals surface area contributed by atoms with E-state index in [1.165, 1.54) is 55.8 Å². The fourth-order valence-corrected chi connectivity index (χ4v) is 13.4. The van der Waals surface area contributed by atoms with Crippen molar-refractivity contribution in [2.45, 2.75) is 131 Å². The van der Waals surface area contributed by atoms with E-state index in [9.17, 15) is 9.59 Å². The van der Waals surface area contributed by atoms with E-state index in [4.69, 9.17) is 28.4 Å². The number of ether oxygens (including phenoxy) is 6. The third-order valence-corrected chi connectivity index (χ3v) is 18.0. The van der Waals surface area contributed by atoms with Crippen molar-refractivity contribution >= 4 is 12.1 Å². The van der Waals surface area contributed by atoms with E-state index in [2.05, 4.69) is 141 Å². The van der Waals surface area contributed by atoms with Crippen LogP contribution in [0.1, 0.15) is 108 Å². The summed E-state index contributed by atoms with van der Waals surface area (Å²) in [5.41, 5.74) is 16.1. The normalized spacial score (nSPS) is 19.0. The Bertz CT molecular complexity index is 2930. The Balaban J connectivity index is 0.000000210. The molecule has 4 saturated heterocycles. The maximum absolute atomic E-state index is 14.2. The van der Waals surface area contributed by atoms with Crippen LogP contribution in [-0.2, 0) is 41.1 Å². The SMILES string of the molecule is C=C(C)C=C1N(Cc2cc(C)c(C)c(C)c2)C(=O)N(CCOC)C12CCN(Cc1cc(OC)cc(OC)c1)CC2.COCCN1C(=O)N2Cc3cc(C)c(C)c(C)c3C(C)(C)C=C2C12CCN(Cc1cc(OC)cc(OC)c1)CC2. The Hall–Kier alpha value is -6.32. The minimum absolute atomic E-state index is 0.0476. The third-order valence-electron chi connectivity index (χ3n) is 18.0. The van der Waals surface area contributed by atoms with Gasteiger partial charge in [0.15, 0.2) is 0 Å². The first-order valence-electron chi connectivity index (χ1n) is 28.5. The lowest BCUT2D eigenvalue weighted by molar-refractivity contribution is 0.0667. The van der Waals surface area contributed by atoms with Gasteiger partial charge in [0.1, 0.15) is 23.0 Å². The Kier molecular flexibility index (Phi) is 18.5. The van der Waals surface area contributed by atoms with E-state index in [1.807, 2.05) is 24.0 Å². The topological polar surface area (TPSA) is 109 Å². The lowest BCUT2D eigenvalue weighted by atomic mass is 9.75. The van der Waals surface area contributed by atoms with Gasteiger partial charge in [0.25, 0.3) is 0 Å². The second-order valence-electron chi connectivity index (χ2n) is 23.5. The van der Waals surface area contributed by atoms with E-state index < -0.39 is 5.54 Å². The summed E-state index contributed by atoms with van der Waals surface area (Å²) in [6.45, 7) is 32.3. The highest BCUT2D eigenvalue weighted by molar-refractivity contribution is 5.84. The number of methoxy groups -OCH3 is 6. The molecule has 14 nitrogen and oxygen atoms in total. The molecule has 5 heterocycles. The zero-order valence-electron chi connectivity index (χ0n) is 50.8. The fraction of sp³-hybridized carbons (Fsp3) is 0.515. The molecule has 0 unspecified atom stereocenters. The zero-order chi connectivity index (χ0) is 57.8. The molecule has 4 amide bonds. The van der Waals surface area contributed by atoms with Crippen LogP contribution in [0.5, 0.6) is 23.0 Å². The predicted molar refractivity (Wildman–Crippen MR) is 318 cm³/mol. The van der Waals surface area contributed by atoms with Crippen molar-refractivity contribution in [3.8, 4) is 23.0 Å². The minimum Gasteiger partial charge on any atom is -0.497 e. The number of aryl methyl sites for hydroxylation is 3. The Labute approximate surface area is 477 Å². The van der Waals surface area contributed by atoms with Crippen molar-refractivity contribution in [2.75, 3.05) is 95.1 Å². The number of hydrogen-bond acceptors (Lipinski definition) is 10. The highest BCUT2D eigenvalue weighted by atomic mass is 16.5. The van der Waals surface area contributed by atoms with E-state index >= 15 is 0 Å². The van der Waals surface area contributed by atoms with Gasteiger partial charge in [-0.1, -0.05) is 50.3 Å². The van der Waals surface area contributed by atoms with Gasteiger partial charge in [0, 0.05) is 95.5 Å². The van der Waals surface area contributed by atoms with Crippen LogP contribution in [0, 0.1) is 41.5 Å². The molecule has 80 heavy (non-hydrogen) atoms. The van der Waals surface area contributed by atoms with Crippen LogP contribution >= 0.6 is 0 Å². The molecule has 5 aliphatic heterocycles. The largest absolute Gasteiger partial charge is 0.497 e. The summed E-state index contributed by atoms with van der Waals surface area (Å²) in [7, 11) is 10.1. The van der Waals surface area contributed by atoms with Crippen molar-refractivity contribution in [2.24, 2.45) is 0 Å². The average molecular weight is 1100 g/mol.